The molecule has 0 bridgehead atoms. The highest BCUT2D eigenvalue weighted by Crippen LogP contribution is 2.37. The van der Waals surface area contributed by atoms with Crippen LogP contribution < -0.4 is 0 Å². The van der Waals surface area contributed by atoms with Gasteiger partial charge in [0.05, 0.1) is 66.1 Å². The lowest BCUT2D eigenvalue weighted by Crippen LogP contribution is -2.66. The molecule has 3 aliphatic rings. The number of hydrogen-bond acceptors (Lipinski definition) is 18. The van der Waals surface area contributed by atoms with Crippen molar-refractivity contribution in [1.29, 1.82) is 0 Å². The molecule has 0 aliphatic carbocycles. The minimum Gasteiger partial charge on any atom is -0.454 e. The van der Waals surface area contributed by atoms with Crippen LogP contribution in [-0.2, 0) is 122 Å². The first kappa shape index (κ1) is 64.9. The molecular formula is C71H78O18. The van der Waals surface area contributed by atoms with Crippen molar-refractivity contribution in [3.05, 3.63) is 251 Å². The van der Waals surface area contributed by atoms with Crippen LogP contribution in [0.1, 0.15) is 52.8 Å². The van der Waals surface area contributed by atoms with Crippen molar-refractivity contribution >= 4 is 11.9 Å². The van der Waals surface area contributed by atoms with E-state index >= 15 is 0 Å². The number of benzene rings is 7. The molecule has 15 atom stereocenters. The Labute approximate surface area is 519 Å². The Balaban J connectivity index is 1.02. The van der Waals surface area contributed by atoms with Crippen molar-refractivity contribution in [2.45, 2.75) is 152 Å². The van der Waals surface area contributed by atoms with Crippen LogP contribution >= 0.6 is 0 Å². The molecule has 3 heterocycles. The molecule has 3 saturated heterocycles. The van der Waals surface area contributed by atoms with E-state index in [2.05, 4.69) is 0 Å². The van der Waals surface area contributed by atoms with Crippen LogP contribution in [0.4, 0.5) is 0 Å². The van der Waals surface area contributed by atoms with Crippen LogP contribution in [0.2, 0.25) is 0 Å². The number of carbonyl (C=O) groups is 2. The second kappa shape index (κ2) is 33.7. The first-order chi connectivity index (χ1) is 43.6. The topological polar surface area (TPSA) is 204 Å². The first-order valence-electron chi connectivity index (χ1n) is 30.1. The van der Waals surface area contributed by atoms with Gasteiger partial charge in [-0.3, -0.25) is 9.59 Å². The van der Waals surface area contributed by atoms with Gasteiger partial charge in [-0.2, -0.15) is 0 Å². The summed E-state index contributed by atoms with van der Waals surface area (Å²) < 4.78 is 92.9. The lowest BCUT2D eigenvalue weighted by Gasteiger charge is -2.49. The Kier molecular flexibility index (Phi) is 24.5. The second-order valence-electron chi connectivity index (χ2n) is 22.0. The Morgan fingerprint density at radius 3 is 1.04 bits per heavy atom. The summed E-state index contributed by atoms with van der Waals surface area (Å²) in [5.41, 5.74) is 5.89. The fourth-order valence-corrected chi connectivity index (χ4v) is 11.0. The van der Waals surface area contributed by atoms with E-state index in [0.29, 0.717) is 0 Å². The van der Waals surface area contributed by atoms with E-state index in [1.54, 1.807) is 0 Å². The zero-order chi connectivity index (χ0) is 61.6. The molecule has 89 heavy (non-hydrogen) atoms. The zero-order valence-electron chi connectivity index (χ0n) is 49.9. The molecule has 0 spiro atoms. The monoisotopic (exact) mass is 1220 g/mol. The van der Waals surface area contributed by atoms with Gasteiger partial charge >= 0.3 is 11.9 Å². The van der Waals surface area contributed by atoms with Gasteiger partial charge in [0.15, 0.2) is 31.1 Å². The SMILES string of the molecule is CC(=O)OC1C(OC2C(COC3OC(COCc4ccccc4)C(OCc4ccccc4)C(OCc4ccccc4)C3OC(C)=O)OC(O)C(OCc3ccccc3)C2OCc2ccccc2)OC(COCc2ccccc2)C(O)C1OCc1ccccc1. The predicted octanol–water partition coefficient (Wildman–Crippen LogP) is 9.14. The molecule has 0 radical (unpaired) electrons. The normalized spacial score (nSPS) is 26.9. The third kappa shape index (κ3) is 19.0. The number of esters is 2. The number of rotatable bonds is 30. The smallest absolute Gasteiger partial charge is 0.303 e. The standard InChI is InChI=1S/C71H78O18/c1-48(72)84-67-63(79-41-53-30-16-6-17-31-53)60(74)57(45-76-38-50-24-10-3-11-25-50)87-71(67)89-62-59(86-69(75)66(82-44-56-36-22-9-23-37-56)65(62)81-43-55-34-20-8-21-35-55)47-83-70-68(85-49(2)73)64(80-42-54-32-18-7-19-33-54)61(78-40-52-28-14-5-15-29-52)58(88-70)46-77-39-51-26-12-4-13-27-51/h3-37,57-71,74-75H,38-47H2,1-2H3. The van der Waals surface area contributed by atoms with E-state index in [9.17, 15) is 19.8 Å². The van der Waals surface area contributed by atoms with E-state index in [1.807, 2.05) is 212 Å². The van der Waals surface area contributed by atoms with Gasteiger partial charge in [-0.1, -0.05) is 212 Å². The van der Waals surface area contributed by atoms with Crippen molar-refractivity contribution in [3.8, 4) is 0 Å². The molecule has 7 aromatic carbocycles. The van der Waals surface area contributed by atoms with Gasteiger partial charge in [-0.15, -0.1) is 0 Å². The van der Waals surface area contributed by atoms with Crippen molar-refractivity contribution in [2.24, 2.45) is 0 Å². The van der Waals surface area contributed by atoms with E-state index in [4.69, 9.17) is 66.3 Å². The average molecular weight is 1220 g/mol. The third-order valence-electron chi connectivity index (χ3n) is 15.4. The van der Waals surface area contributed by atoms with Crippen LogP contribution in [0.5, 0.6) is 0 Å². The van der Waals surface area contributed by atoms with Gasteiger partial charge in [0.1, 0.15) is 61.0 Å². The average Bonchev–Trinajstić information content (AvgIpc) is 1.67. The van der Waals surface area contributed by atoms with Crippen molar-refractivity contribution in [1.82, 2.24) is 0 Å². The highest BCUT2D eigenvalue weighted by atomic mass is 16.8. The molecular weight excluding hydrogens is 1140 g/mol. The van der Waals surface area contributed by atoms with E-state index in [1.165, 1.54) is 13.8 Å². The van der Waals surface area contributed by atoms with Gasteiger partial charge < -0.3 is 76.5 Å². The number of hydrogen-bond donors (Lipinski definition) is 2. The van der Waals surface area contributed by atoms with Crippen molar-refractivity contribution < 1.29 is 86.1 Å². The summed E-state index contributed by atoms with van der Waals surface area (Å²) in [6.07, 6.45) is -19.1. The summed E-state index contributed by atoms with van der Waals surface area (Å²) in [6, 6.07) is 66.6. The maximum absolute atomic E-state index is 13.4. The molecule has 3 aliphatic heterocycles. The Morgan fingerprint density at radius 2 is 0.640 bits per heavy atom. The quantitative estimate of drug-likeness (QED) is 0.0403. The predicted molar refractivity (Wildman–Crippen MR) is 323 cm³/mol. The Hall–Kier alpha value is -7.08. The van der Waals surface area contributed by atoms with Crippen LogP contribution in [0.3, 0.4) is 0 Å². The molecule has 10 rings (SSSR count). The number of ether oxygens (including phenoxy) is 14. The van der Waals surface area contributed by atoms with Crippen LogP contribution in [0.15, 0.2) is 212 Å². The fourth-order valence-electron chi connectivity index (χ4n) is 11.0. The molecule has 2 N–H and O–H groups in total. The minimum atomic E-state index is -1.68. The molecule has 0 amide bonds. The summed E-state index contributed by atoms with van der Waals surface area (Å²) in [4.78, 5) is 26.8. The molecule has 18 heteroatoms. The van der Waals surface area contributed by atoms with Crippen LogP contribution in [0, 0.1) is 0 Å². The number of carbonyl (C=O) groups excluding carboxylic acids is 2. The Bertz CT molecular complexity index is 3140. The summed E-state index contributed by atoms with van der Waals surface area (Å²) in [5, 5.41) is 24.6. The molecule has 15 unspecified atom stereocenters. The molecule has 0 aromatic heterocycles. The largest absolute Gasteiger partial charge is 0.454 e. The van der Waals surface area contributed by atoms with Gasteiger partial charge in [-0.25, -0.2) is 0 Å². The summed E-state index contributed by atoms with van der Waals surface area (Å²) >= 11 is 0. The van der Waals surface area contributed by atoms with E-state index in [0.717, 1.165) is 38.9 Å². The van der Waals surface area contributed by atoms with Gasteiger partial charge in [0.25, 0.3) is 0 Å². The lowest BCUT2D eigenvalue weighted by molar-refractivity contribution is -0.374. The highest BCUT2D eigenvalue weighted by molar-refractivity contribution is 5.66. The zero-order valence-corrected chi connectivity index (χ0v) is 49.9. The first-order valence-corrected chi connectivity index (χ1v) is 30.1. The molecule has 7 aromatic rings. The molecule has 3 fully saturated rings. The number of aliphatic hydroxyl groups is 2. The maximum atomic E-state index is 13.4. The second-order valence-corrected chi connectivity index (χ2v) is 22.0. The summed E-state index contributed by atoms with van der Waals surface area (Å²) in [5.74, 6) is -1.37. The lowest BCUT2D eigenvalue weighted by atomic mass is 9.95. The Morgan fingerprint density at radius 1 is 0.326 bits per heavy atom. The third-order valence-corrected chi connectivity index (χ3v) is 15.4. The van der Waals surface area contributed by atoms with Crippen LogP contribution in [-0.4, -0.2) is 134 Å². The molecule has 0 saturated carbocycles. The summed E-state index contributed by atoms with van der Waals surface area (Å²) in [6.45, 7) is 2.60. The van der Waals surface area contributed by atoms with Crippen molar-refractivity contribution in [3.63, 3.8) is 0 Å². The van der Waals surface area contributed by atoms with Gasteiger partial charge in [0.2, 0.25) is 0 Å². The molecule has 470 valence electrons. The number of aliphatic hydroxyl groups excluding tert-OH is 2. The maximum Gasteiger partial charge on any atom is 0.303 e. The van der Waals surface area contributed by atoms with Gasteiger partial charge in [-0.05, 0) is 38.9 Å². The summed E-state index contributed by atoms with van der Waals surface area (Å²) in [7, 11) is 0. The molecule has 18 nitrogen and oxygen atoms in total. The van der Waals surface area contributed by atoms with Crippen LogP contribution in [0.25, 0.3) is 0 Å². The van der Waals surface area contributed by atoms with Gasteiger partial charge in [0, 0.05) is 13.8 Å². The van der Waals surface area contributed by atoms with E-state index < -0.39 is 111 Å². The van der Waals surface area contributed by atoms with Crippen molar-refractivity contribution in [2.75, 3.05) is 19.8 Å². The van der Waals surface area contributed by atoms with E-state index in [-0.39, 0.29) is 59.5 Å². The highest BCUT2D eigenvalue weighted by Gasteiger charge is 2.56. The fraction of sp³-hybridized carbons (Fsp3) is 0.380. The minimum absolute atomic E-state index is 0.00294.